The zero-order valence-corrected chi connectivity index (χ0v) is 18.4. The minimum atomic E-state index is -0.467. The first-order valence-electron chi connectivity index (χ1n) is 10.6. The molecule has 1 aromatic heterocycles. The molecule has 1 fully saturated rings. The Morgan fingerprint density at radius 2 is 2.09 bits per heavy atom. The number of carbonyl (C=O) groups excluding carboxylic acids is 1. The molecule has 4 rings (SSSR count). The molecule has 1 saturated heterocycles. The molecule has 1 aromatic carbocycles. The third-order valence-electron chi connectivity index (χ3n) is 5.40. The van der Waals surface area contributed by atoms with Crippen LogP contribution in [-0.4, -0.2) is 66.8 Å². The van der Waals surface area contributed by atoms with Gasteiger partial charge in [-0.25, -0.2) is 14.4 Å². The molecule has 0 bridgehead atoms. The number of oxime groups is 1. The standard InChI is InChI=1S/C22H26FN5O5/c1-12-26-16(17-7-20(33-28-17)21-11-31-14(8-24)10-32-21)6-18(27-12)22(29)25-9-13-3-4-15(23)19(5-13)30-2/h3-6,14,20-21H,7-11,24H2,1-2H3,(H,25,29). The number of rotatable bonds is 7. The third kappa shape index (κ3) is 5.44. The Balaban J connectivity index is 1.39. The predicted molar refractivity (Wildman–Crippen MR) is 115 cm³/mol. The Morgan fingerprint density at radius 1 is 1.24 bits per heavy atom. The number of amides is 1. The van der Waals surface area contributed by atoms with Gasteiger partial charge in [0.1, 0.15) is 23.3 Å². The lowest BCUT2D eigenvalue weighted by Crippen LogP contribution is -2.45. The summed E-state index contributed by atoms with van der Waals surface area (Å²) in [6, 6.07) is 5.97. The van der Waals surface area contributed by atoms with E-state index in [0.29, 0.717) is 49.0 Å². The van der Waals surface area contributed by atoms with E-state index in [1.807, 2.05) is 0 Å². The molecule has 3 N–H and O–H groups in total. The summed E-state index contributed by atoms with van der Waals surface area (Å²) in [4.78, 5) is 26.9. The highest BCUT2D eigenvalue weighted by Gasteiger charge is 2.35. The highest BCUT2D eigenvalue weighted by Crippen LogP contribution is 2.23. The van der Waals surface area contributed by atoms with Gasteiger partial charge in [0.15, 0.2) is 17.7 Å². The van der Waals surface area contributed by atoms with Gasteiger partial charge in [-0.1, -0.05) is 11.2 Å². The van der Waals surface area contributed by atoms with Crippen molar-refractivity contribution in [2.24, 2.45) is 10.9 Å². The molecule has 33 heavy (non-hydrogen) atoms. The summed E-state index contributed by atoms with van der Waals surface area (Å²) in [5.41, 5.74) is 7.60. The number of carbonyl (C=O) groups is 1. The van der Waals surface area contributed by atoms with Crippen LogP contribution < -0.4 is 15.8 Å². The van der Waals surface area contributed by atoms with Crippen molar-refractivity contribution in [3.05, 3.63) is 52.9 Å². The van der Waals surface area contributed by atoms with Crippen molar-refractivity contribution in [3.63, 3.8) is 0 Å². The van der Waals surface area contributed by atoms with Crippen LogP contribution in [0.4, 0.5) is 4.39 Å². The van der Waals surface area contributed by atoms with Gasteiger partial charge in [0.25, 0.3) is 5.91 Å². The highest BCUT2D eigenvalue weighted by molar-refractivity contribution is 6.02. The van der Waals surface area contributed by atoms with E-state index < -0.39 is 11.7 Å². The molecule has 3 unspecified atom stereocenters. The summed E-state index contributed by atoms with van der Waals surface area (Å²) in [5, 5.41) is 6.93. The lowest BCUT2D eigenvalue weighted by atomic mass is 10.0. The van der Waals surface area contributed by atoms with Crippen LogP contribution >= 0.6 is 0 Å². The molecule has 176 valence electrons. The highest BCUT2D eigenvalue weighted by atomic mass is 19.1. The van der Waals surface area contributed by atoms with Gasteiger partial charge in [0.2, 0.25) is 0 Å². The first kappa shape index (κ1) is 23.0. The van der Waals surface area contributed by atoms with E-state index in [0.717, 1.165) is 0 Å². The van der Waals surface area contributed by atoms with Crippen LogP contribution in [0.15, 0.2) is 29.4 Å². The number of methoxy groups -OCH3 is 1. The van der Waals surface area contributed by atoms with Gasteiger partial charge in [-0.05, 0) is 30.7 Å². The maximum absolute atomic E-state index is 13.6. The molecule has 0 saturated carbocycles. The van der Waals surface area contributed by atoms with Crippen LogP contribution in [0.2, 0.25) is 0 Å². The van der Waals surface area contributed by atoms with Crippen molar-refractivity contribution >= 4 is 11.6 Å². The van der Waals surface area contributed by atoms with Crippen LogP contribution in [0, 0.1) is 12.7 Å². The van der Waals surface area contributed by atoms with Crippen molar-refractivity contribution in [1.82, 2.24) is 15.3 Å². The van der Waals surface area contributed by atoms with E-state index >= 15 is 0 Å². The molecule has 3 heterocycles. The number of ether oxygens (including phenoxy) is 3. The topological polar surface area (TPSA) is 130 Å². The number of halogens is 1. The first-order chi connectivity index (χ1) is 16.0. The van der Waals surface area contributed by atoms with E-state index in [1.165, 1.54) is 19.2 Å². The zero-order valence-electron chi connectivity index (χ0n) is 18.4. The molecule has 1 amide bonds. The second-order valence-corrected chi connectivity index (χ2v) is 7.79. The second kappa shape index (κ2) is 10.2. The molecular formula is C22H26FN5O5. The smallest absolute Gasteiger partial charge is 0.270 e. The number of hydrogen-bond acceptors (Lipinski definition) is 9. The van der Waals surface area contributed by atoms with Crippen LogP contribution in [0.1, 0.15) is 34.0 Å². The summed E-state index contributed by atoms with van der Waals surface area (Å²) < 4.78 is 30.0. The Hall–Kier alpha value is -3.15. The normalized spacial score (nSPS) is 22.4. The fourth-order valence-corrected chi connectivity index (χ4v) is 3.57. The summed E-state index contributed by atoms with van der Waals surface area (Å²) in [6.45, 7) is 3.07. The van der Waals surface area contributed by atoms with Crippen LogP contribution in [-0.2, 0) is 20.9 Å². The minimum absolute atomic E-state index is 0.107. The van der Waals surface area contributed by atoms with E-state index in [4.69, 9.17) is 24.8 Å². The van der Waals surface area contributed by atoms with Gasteiger partial charge >= 0.3 is 0 Å². The largest absolute Gasteiger partial charge is 0.494 e. The molecule has 0 radical (unpaired) electrons. The van der Waals surface area contributed by atoms with Crippen molar-refractivity contribution in [3.8, 4) is 5.75 Å². The van der Waals surface area contributed by atoms with Gasteiger partial charge in [-0.15, -0.1) is 0 Å². The number of hydrogen-bond donors (Lipinski definition) is 2. The average molecular weight is 459 g/mol. The van der Waals surface area contributed by atoms with Crippen LogP contribution in [0.3, 0.4) is 0 Å². The van der Waals surface area contributed by atoms with Crippen LogP contribution in [0.25, 0.3) is 0 Å². The van der Waals surface area contributed by atoms with Crippen LogP contribution in [0.5, 0.6) is 5.75 Å². The van der Waals surface area contributed by atoms with Gasteiger partial charge in [0.05, 0.1) is 32.1 Å². The summed E-state index contributed by atoms with van der Waals surface area (Å²) in [5.74, 6) is -0.319. The number of nitrogens with two attached hydrogens (primary N) is 1. The minimum Gasteiger partial charge on any atom is -0.494 e. The lowest BCUT2D eigenvalue weighted by molar-refractivity contribution is -0.168. The Labute approximate surface area is 190 Å². The molecule has 3 atom stereocenters. The molecule has 0 aliphatic carbocycles. The summed E-state index contributed by atoms with van der Waals surface area (Å²) >= 11 is 0. The lowest BCUT2D eigenvalue weighted by Gasteiger charge is -2.30. The molecule has 2 aliphatic heterocycles. The Morgan fingerprint density at radius 3 is 2.82 bits per heavy atom. The molecule has 10 nitrogen and oxygen atoms in total. The molecule has 11 heteroatoms. The number of nitrogens with zero attached hydrogens (tertiary/aromatic N) is 3. The summed E-state index contributed by atoms with van der Waals surface area (Å²) in [7, 11) is 1.39. The van der Waals surface area contributed by atoms with Gasteiger partial charge < -0.3 is 30.1 Å². The van der Waals surface area contributed by atoms with E-state index in [-0.39, 0.29) is 36.3 Å². The zero-order chi connectivity index (χ0) is 23.4. The van der Waals surface area contributed by atoms with Gasteiger partial charge in [-0.3, -0.25) is 4.79 Å². The Bertz CT molecular complexity index is 1040. The van der Waals surface area contributed by atoms with Crippen molar-refractivity contribution in [2.75, 3.05) is 26.9 Å². The summed E-state index contributed by atoms with van der Waals surface area (Å²) in [6.07, 6.45) is -0.203. The fourth-order valence-electron chi connectivity index (χ4n) is 3.57. The number of benzene rings is 1. The predicted octanol–water partition coefficient (Wildman–Crippen LogP) is 1.10. The average Bonchev–Trinajstić information content (AvgIpc) is 3.33. The third-order valence-corrected chi connectivity index (χ3v) is 5.40. The molecular weight excluding hydrogens is 433 g/mol. The number of aryl methyl sites for hydroxylation is 1. The molecule has 0 spiro atoms. The second-order valence-electron chi connectivity index (χ2n) is 7.79. The number of aromatic nitrogens is 2. The van der Waals surface area contributed by atoms with Crippen molar-refractivity contribution < 1.29 is 28.2 Å². The maximum Gasteiger partial charge on any atom is 0.270 e. The van der Waals surface area contributed by atoms with E-state index in [2.05, 4.69) is 20.4 Å². The monoisotopic (exact) mass is 459 g/mol. The van der Waals surface area contributed by atoms with E-state index in [1.54, 1.807) is 19.1 Å². The molecule has 2 aliphatic rings. The maximum atomic E-state index is 13.6. The fraction of sp³-hybridized carbons (Fsp3) is 0.455. The van der Waals surface area contributed by atoms with Gasteiger partial charge in [-0.2, -0.15) is 0 Å². The molecule has 2 aromatic rings. The van der Waals surface area contributed by atoms with Crippen molar-refractivity contribution in [1.29, 1.82) is 0 Å². The Kier molecular flexibility index (Phi) is 7.11. The quantitative estimate of drug-likeness (QED) is 0.630. The van der Waals surface area contributed by atoms with Crippen molar-refractivity contribution in [2.45, 2.75) is 38.2 Å². The number of nitrogens with one attached hydrogen (secondary N) is 1. The van der Waals surface area contributed by atoms with E-state index in [9.17, 15) is 9.18 Å². The van der Waals surface area contributed by atoms with Gasteiger partial charge in [0, 0.05) is 19.5 Å². The first-order valence-corrected chi connectivity index (χ1v) is 10.6. The SMILES string of the molecule is COc1cc(CNC(=O)c2cc(C3=NOC(C4COC(CN)CO4)C3)nc(C)n2)ccc1F.